The molecule has 6 nitrogen and oxygen atoms in total. The van der Waals surface area contributed by atoms with Crippen molar-refractivity contribution in [2.75, 3.05) is 0 Å². The van der Waals surface area contributed by atoms with E-state index in [2.05, 4.69) is 15.2 Å². The van der Waals surface area contributed by atoms with Gasteiger partial charge in [-0.05, 0) is 30.3 Å². The highest BCUT2D eigenvalue weighted by Gasteiger charge is 2.36. The van der Waals surface area contributed by atoms with Gasteiger partial charge in [0, 0.05) is 10.9 Å². The van der Waals surface area contributed by atoms with Gasteiger partial charge in [0.05, 0.1) is 34.5 Å². The fourth-order valence-electron chi connectivity index (χ4n) is 3.08. The molecule has 4 aromatic rings. The van der Waals surface area contributed by atoms with Crippen LogP contribution < -0.4 is 0 Å². The standard InChI is InChI=1S/C19H9F6N5O/c20-18(21,22)12-3-1-2-10(6-12)17-28-15(29-31-17)9-30-14-5-4-11(7-26)16(19(23,24)25)13(14)8-27-30/h1-6,8H,9H2. The van der Waals surface area contributed by atoms with Crippen LogP contribution >= 0.6 is 0 Å². The summed E-state index contributed by atoms with van der Waals surface area (Å²) in [6, 6.07) is 8.14. The monoisotopic (exact) mass is 437 g/mol. The van der Waals surface area contributed by atoms with Crippen LogP contribution in [0.3, 0.4) is 0 Å². The third-order valence-electron chi connectivity index (χ3n) is 4.43. The van der Waals surface area contributed by atoms with Gasteiger partial charge in [0.2, 0.25) is 0 Å². The third kappa shape index (κ3) is 3.81. The maximum absolute atomic E-state index is 13.4. The zero-order chi connectivity index (χ0) is 22.4. The quantitative estimate of drug-likeness (QED) is 0.420. The molecule has 0 bridgehead atoms. The predicted octanol–water partition coefficient (Wildman–Crippen LogP) is 5.04. The zero-order valence-electron chi connectivity index (χ0n) is 15.2. The molecular weight excluding hydrogens is 428 g/mol. The molecule has 0 fully saturated rings. The molecule has 2 aromatic carbocycles. The fraction of sp³-hybridized carbons (Fsp3) is 0.158. The number of halogens is 6. The predicted molar refractivity (Wildman–Crippen MR) is 93.3 cm³/mol. The lowest BCUT2D eigenvalue weighted by molar-refractivity contribution is -0.138. The first-order chi connectivity index (χ1) is 14.6. The Balaban J connectivity index is 1.68. The normalized spacial score (nSPS) is 12.3. The summed E-state index contributed by atoms with van der Waals surface area (Å²) < 4.78 is 85.0. The maximum Gasteiger partial charge on any atom is 0.418 e. The van der Waals surface area contributed by atoms with Crippen molar-refractivity contribution < 1.29 is 30.9 Å². The summed E-state index contributed by atoms with van der Waals surface area (Å²) in [5, 5.41) is 16.3. The fourth-order valence-corrected chi connectivity index (χ4v) is 3.08. The minimum Gasteiger partial charge on any atom is -0.334 e. The minimum atomic E-state index is -4.76. The summed E-state index contributed by atoms with van der Waals surface area (Å²) in [4.78, 5) is 4.01. The number of benzene rings is 2. The van der Waals surface area contributed by atoms with Gasteiger partial charge in [-0.15, -0.1) is 0 Å². The molecule has 0 aliphatic carbocycles. The lowest BCUT2D eigenvalue weighted by Gasteiger charge is -2.10. The smallest absolute Gasteiger partial charge is 0.334 e. The second-order valence-electron chi connectivity index (χ2n) is 6.43. The van der Waals surface area contributed by atoms with E-state index in [-0.39, 0.29) is 34.7 Å². The van der Waals surface area contributed by atoms with Gasteiger partial charge < -0.3 is 4.52 Å². The molecule has 0 amide bonds. The Hall–Kier alpha value is -3.88. The molecule has 0 saturated heterocycles. The van der Waals surface area contributed by atoms with Crippen molar-refractivity contribution in [3.05, 3.63) is 65.1 Å². The highest BCUT2D eigenvalue weighted by Crippen LogP contribution is 2.37. The van der Waals surface area contributed by atoms with Crippen LogP contribution in [0.2, 0.25) is 0 Å². The average Bonchev–Trinajstić information content (AvgIpc) is 3.33. The molecule has 4 rings (SSSR count). The second kappa shape index (κ2) is 7.12. The van der Waals surface area contributed by atoms with Crippen LogP contribution in [0.15, 0.2) is 47.1 Å². The third-order valence-corrected chi connectivity index (χ3v) is 4.43. The molecule has 0 unspecified atom stereocenters. The van der Waals surface area contributed by atoms with Crippen molar-refractivity contribution in [1.82, 2.24) is 19.9 Å². The molecule has 0 atom stereocenters. The van der Waals surface area contributed by atoms with Gasteiger partial charge in [-0.3, -0.25) is 4.68 Å². The molecule has 31 heavy (non-hydrogen) atoms. The SMILES string of the molecule is N#Cc1ccc2c(cnn2Cc2noc(-c3cccc(C(F)(F)F)c3)n2)c1C(F)(F)F. The van der Waals surface area contributed by atoms with Crippen LogP contribution in [0.4, 0.5) is 26.3 Å². The van der Waals surface area contributed by atoms with Gasteiger partial charge in [-0.2, -0.15) is 41.7 Å². The zero-order valence-corrected chi connectivity index (χ0v) is 15.2. The number of rotatable bonds is 3. The number of alkyl halides is 6. The highest BCUT2D eigenvalue weighted by molar-refractivity contribution is 5.85. The topological polar surface area (TPSA) is 80.5 Å². The first-order valence-electron chi connectivity index (χ1n) is 8.54. The van der Waals surface area contributed by atoms with E-state index < -0.39 is 29.0 Å². The molecule has 2 aromatic heterocycles. The van der Waals surface area contributed by atoms with Crippen molar-refractivity contribution in [2.24, 2.45) is 0 Å². The summed E-state index contributed by atoms with van der Waals surface area (Å²) in [6.07, 6.45) is -8.33. The molecule has 0 aliphatic heterocycles. The van der Waals surface area contributed by atoms with Crippen LogP contribution in [0, 0.1) is 11.3 Å². The van der Waals surface area contributed by atoms with E-state index in [1.807, 2.05) is 0 Å². The molecular formula is C19H9F6N5O. The Morgan fingerprint density at radius 3 is 2.48 bits per heavy atom. The number of hydrogen-bond donors (Lipinski definition) is 0. The Bertz CT molecular complexity index is 1310. The van der Waals surface area contributed by atoms with E-state index >= 15 is 0 Å². The lowest BCUT2D eigenvalue weighted by Crippen LogP contribution is -2.09. The van der Waals surface area contributed by atoms with E-state index in [4.69, 9.17) is 9.78 Å². The van der Waals surface area contributed by atoms with E-state index in [9.17, 15) is 26.3 Å². The summed E-state index contributed by atoms with van der Waals surface area (Å²) in [5.74, 6) is -0.185. The Kier molecular flexibility index (Phi) is 4.68. The minimum absolute atomic E-state index is 0.00432. The largest absolute Gasteiger partial charge is 0.418 e. The second-order valence-corrected chi connectivity index (χ2v) is 6.43. The summed E-state index contributed by atoms with van der Waals surface area (Å²) in [7, 11) is 0. The van der Waals surface area contributed by atoms with Crippen molar-refractivity contribution in [1.29, 1.82) is 5.26 Å². The van der Waals surface area contributed by atoms with Crippen LogP contribution in [-0.2, 0) is 18.9 Å². The first-order valence-corrected chi connectivity index (χ1v) is 8.54. The summed E-state index contributed by atoms with van der Waals surface area (Å²) in [6.45, 7) is -0.199. The van der Waals surface area contributed by atoms with Gasteiger partial charge in [-0.25, -0.2) is 0 Å². The number of nitrogens with zero attached hydrogens (tertiary/aromatic N) is 5. The maximum atomic E-state index is 13.4. The molecule has 0 aliphatic rings. The highest BCUT2D eigenvalue weighted by atomic mass is 19.4. The van der Waals surface area contributed by atoms with Crippen molar-refractivity contribution in [2.45, 2.75) is 18.9 Å². The van der Waals surface area contributed by atoms with Crippen molar-refractivity contribution >= 4 is 10.9 Å². The average molecular weight is 437 g/mol. The molecule has 12 heteroatoms. The van der Waals surface area contributed by atoms with Gasteiger partial charge in [-0.1, -0.05) is 11.2 Å². The Morgan fingerprint density at radius 2 is 1.81 bits per heavy atom. The lowest BCUT2D eigenvalue weighted by atomic mass is 10.0. The number of fused-ring (bicyclic) bond motifs is 1. The molecule has 0 saturated carbocycles. The van der Waals surface area contributed by atoms with Gasteiger partial charge >= 0.3 is 12.4 Å². The summed E-state index contributed by atoms with van der Waals surface area (Å²) >= 11 is 0. The Morgan fingerprint density at radius 1 is 1.03 bits per heavy atom. The molecule has 0 N–H and O–H groups in total. The van der Waals surface area contributed by atoms with Gasteiger partial charge in [0.15, 0.2) is 5.82 Å². The summed E-state index contributed by atoms with van der Waals surface area (Å²) in [5.41, 5.74) is -2.41. The van der Waals surface area contributed by atoms with E-state index in [1.54, 1.807) is 0 Å². The molecule has 0 radical (unpaired) electrons. The van der Waals surface area contributed by atoms with Crippen LogP contribution in [-0.4, -0.2) is 19.9 Å². The first kappa shape index (κ1) is 20.4. The molecule has 158 valence electrons. The van der Waals surface area contributed by atoms with Crippen molar-refractivity contribution in [3.63, 3.8) is 0 Å². The van der Waals surface area contributed by atoms with E-state index in [1.165, 1.54) is 29.0 Å². The molecule has 0 spiro atoms. The number of hydrogen-bond acceptors (Lipinski definition) is 5. The van der Waals surface area contributed by atoms with E-state index in [0.717, 1.165) is 24.4 Å². The van der Waals surface area contributed by atoms with Crippen LogP contribution in [0.25, 0.3) is 22.4 Å². The van der Waals surface area contributed by atoms with Crippen LogP contribution in [0.5, 0.6) is 0 Å². The number of aromatic nitrogens is 4. The van der Waals surface area contributed by atoms with E-state index in [0.29, 0.717) is 0 Å². The van der Waals surface area contributed by atoms with Gasteiger partial charge in [0.25, 0.3) is 5.89 Å². The number of nitriles is 1. The van der Waals surface area contributed by atoms with Crippen molar-refractivity contribution in [3.8, 4) is 17.5 Å². The van der Waals surface area contributed by atoms with Crippen LogP contribution in [0.1, 0.15) is 22.5 Å². The molecule has 2 heterocycles. The Labute approximate surface area is 169 Å². The van der Waals surface area contributed by atoms with Gasteiger partial charge in [0.1, 0.15) is 6.54 Å².